The topological polar surface area (TPSA) is 62.5 Å². The Hall–Kier alpha value is -1.45. The van der Waals surface area contributed by atoms with Gasteiger partial charge in [0.15, 0.2) is 0 Å². The summed E-state index contributed by atoms with van der Waals surface area (Å²) in [6.07, 6.45) is 4.30. The van der Waals surface area contributed by atoms with Crippen LogP contribution in [0.1, 0.15) is 17.8 Å². The van der Waals surface area contributed by atoms with Crippen LogP contribution >= 0.6 is 9.24 Å². The van der Waals surface area contributed by atoms with E-state index < -0.39 is 0 Å². The maximum Gasteiger partial charge on any atom is 0.244 e. The minimum absolute atomic E-state index is 0.00144. The highest BCUT2D eigenvalue weighted by Crippen LogP contribution is 2.45. The van der Waals surface area contributed by atoms with E-state index in [-0.39, 0.29) is 17.6 Å². The Morgan fingerprint density at radius 3 is 3.00 bits per heavy atom. The van der Waals surface area contributed by atoms with E-state index in [2.05, 4.69) is 25.7 Å². The number of amides is 1. The summed E-state index contributed by atoms with van der Waals surface area (Å²) in [5.74, 6) is -0.00144. The Kier molecular flexibility index (Phi) is 3.03. The molecule has 0 aliphatic carbocycles. The highest BCUT2D eigenvalue weighted by atomic mass is 31.0. The van der Waals surface area contributed by atoms with Gasteiger partial charge in [-0.25, -0.2) is 0 Å². The van der Waals surface area contributed by atoms with Gasteiger partial charge in [-0.15, -0.1) is 9.24 Å². The molecule has 19 heavy (non-hydrogen) atoms. The standard InChI is InChI=1S/C13H17N4OP/c1-2-17-11-9(16-6-4-8(14)7-16)3-5-15-10(11)12(19)13(17)18/h2-3,5,8,12H,1,4,6-7,14,19H2. The third kappa shape index (κ3) is 1.85. The average molecular weight is 276 g/mol. The molecule has 3 unspecified atom stereocenters. The van der Waals surface area contributed by atoms with Crippen LogP contribution in [0.4, 0.5) is 11.4 Å². The fourth-order valence-electron chi connectivity index (χ4n) is 2.75. The van der Waals surface area contributed by atoms with E-state index in [1.807, 2.05) is 6.07 Å². The largest absolute Gasteiger partial charge is 0.368 e. The van der Waals surface area contributed by atoms with Crippen LogP contribution in [0.25, 0.3) is 0 Å². The molecule has 1 saturated heterocycles. The summed E-state index contributed by atoms with van der Waals surface area (Å²) in [5, 5.41) is 0. The summed E-state index contributed by atoms with van der Waals surface area (Å²) in [6, 6.07) is 2.15. The summed E-state index contributed by atoms with van der Waals surface area (Å²) in [6.45, 7) is 5.47. The predicted molar refractivity (Wildman–Crippen MR) is 79.2 cm³/mol. The van der Waals surface area contributed by atoms with Crippen LogP contribution in [-0.2, 0) is 4.79 Å². The predicted octanol–water partition coefficient (Wildman–Crippen LogP) is 1.03. The van der Waals surface area contributed by atoms with Gasteiger partial charge in [-0.05, 0) is 12.5 Å². The quantitative estimate of drug-likeness (QED) is 0.819. The van der Waals surface area contributed by atoms with Gasteiger partial charge in [0.1, 0.15) is 0 Å². The van der Waals surface area contributed by atoms with Crippen molar-refractivity contribution in [3.8, 4) is 0 Å². The zero-order chi connectivity index (χ0) is 13.6. The Labute approximate surface area is 114 Å². The third-order valence-electron chi connectivity index (χ3n) is 3.72. The molecule has 5 nitrogen and oxygen atoms in total. The highest BCUT2D eigenvalue weighted by Gasteiger charge is 2.38. The molecule has 2 aliphatic heterocycles. The molecule has 0 aromatic carbocycles. The van der Waals surface area contributed by atoms with Crippen molar-refractivity contribution in [3.63, 3.8) is 0 Å². The van der Waals surface area contributed by atoms with Crippen molar-refractivity contribution in [1.82, 2.24) is 4.98 Å². The summed E-state index contributed by atoms with van der Waals surface area (Å²) >= 11 is 0. The van der Waals surface area contributed by atoms with Gasteiger partial charge in [-0.3, -0.25) is 14.7 Å². The molecule has 0 radical (unpaired) electrons. The lowest BCUT2D eigenvalue weighted by Crippen LogP contribution is -2.28. The lowest BCUT2D eigenvalue weighted by Gasteiger charge is -2.23. The van der Waals surface area contributed by atoms with Crippen LogP contribution in [0.15, 0.2) is 25.0 Å². The SMILES string of the molecule is C=CN1C(=O)C(P)c2nccc(N3CCC(N)C3)c21. The molecular weight excluding hydrogens is 259 g/mol. The fraction of sp³-hybridized carbons (Fsp3) is 0.385. The molecule has 1 amide bonds. The van der Waals surface area contributed by atoms with Gasteiger partial charge in [0, 0.05) is 31.5 Å². The molecule has 3 rings (SSSR count). The molecule has 0 bridgehead atoms. The monoisotopic (exact) mass is 276 g/mol. The van der Waals surface area contributed by atoms with Crippen molar-refractivity contribution in [2.75, 3.05) is 22.9 Å². The van der Waals surface area contributed by atoms with Gasteiger partial charge < -0.3 is 10.6 Å². The van der Waals surface area contributed by atoms with Crippen LogP contribution in [0, 0.1) is 0 Å². The zero-order valence-electron chi connectivity index (χ0n) is 10.6. The number of aromatic nitrogens is 1. The van der Waals surface area contributed by atoms with Crippen molar-refractivity contribution in [3.05, 3.63) is 30.7 Å². The smallest absolute Gasteiger partial charge is 0.244 e. The molecule has 1 fully saturated rings. The van der Waals surface area contributed by atoms with Crippen LogP contribution < -0.4 is 15.5 Å². The number of anilines is 2. The second-order valence-electron chi connectivity index (χ2n) is 4.93. The van der Waals surface area contributed by atoms with Crippen LogP contribution in [0.3, 0.4) is 0 Å². The van der Waals surface area contributed by atoms with E-state index in [0.29, 0.717) is 0 Å². The van der Waals surface area contributed by atoms with Crippen molar-refractivity contribution in [2.24, 2.45) is 5.73 Å². The number of hydrogen-bond acceptors (Lipinski definition) is 4. The second-order valence-corrected chi connectivity index (χ2v) is 5.59. The lowest BCUT2D eigenvalue weighted by atomic mass is 10.2. The van der Waals surface area contributed by atoms with Gasteiger partial charge in [-0.1, -0.05) is 6.58 Å². The highest BCUT2D eigenvalue weighted by molar-refractivity contribution is 7.19. The molecule has 1 aromatic heterocycles. The Bertz CT molecular complexity index is 547. The zero-order valence-corrected chi connectivity index (χ0v) is 11.8. The molecule has 0 saturated carbocycles. The van der Waals surface area contributed by atoms with Gasteiger partial charge >= 0.3 is 0 Å². The summed E-state index contributed by atoms with van der Waals surface area (Å²) < 4.78 is 0. The summed E-state index contributed by atoms with van der Waals surface area (Å²) in [4.78, 5) is 20.3. The normalized spacial score (nSPS) is 25.9. The first-order chi connectivity index (χ1) is 9.13. The van der Waals surface area contributed by atoms with Gasteiger partial charge in [0.2, 0.25) is 5.91 Å². The van der Waals surface area contributed by atoms with Crippen LogP contribution in [-0.4, -0.2) is 30.0 Å². The minimum atomic E-state index is -0.288. The number of carbonyl (C=O) groups is 1. The van der Waals surface area contributed by atoms with Gasteiger partial charge in [0.05, 0.1) is 22.7 Å². The van der Waals surface area contributed by atoms with E-state index in [0.717, 1.165) is 36.6 Å². The minimum Gasteiger partial charge on any atom is -0.368 e. The van der Waals surface area contributed by atoms with Crippen LogP contribution in [0.2, 0.25) is 0 Å². The number of nitrogens with zero attached hydrogens (tertiary/aromatic N) is 3. The molecule has 0 spiro atoms. The van der Waals surface area contributed by atoms with E-state index in [1.165, 1.54) is 0 Å². The molecular formula is C13H17N4OP. The van der Waals surface area contributed by atoms with Crippen molar-refractivity contribution in [1.29, 1.82) is 0 Å². The number of carbonyl (C=O) groups excluding carboxylic acids is 1. The maximum atomic E-state index is 12.2. The third-order valence-corrected chi connectivity index (χ3v) is 4.32. The first kappa shape index (κ1) is 12.6. The van der Waals surface area contributed by atoms with E-state index in [1.54, 1.807) is 17.3 Å². The van der Waals surface area contributed by atoms with Crippen molar-refractivity contribution >= 4 is 26.5 Å². The van der Waals surface area contributed by atoms with Crippen LogP contribution in [0.5, 0.6) is 0 Å². The Morgan fingerprint density at radius 2 is 2.37 bits per heavy atom. The number of pyridine rings is 1. The van der Waals surface area contributed by atoms with E-state index in [9.17, 15) is 4.79 Å². The Morgan fingerprint density at radius 1 is 1.58 bits per heavy atom. The van der Waals surface area contributed by atoms with Gasteiger partial charge in [-0.2, -0.15) is 0 Å². The second kappa shape index (κ2) is 4.58. The van der Waals surface area contributed by atoms with Crippen molar-refractivity contribution < 1.29 is 4.79 Å². The Balaban J connectivity index is 2.09. The number of hydrogen-bond donors (Lipinski definition) is 1. The fourth-order valence-corrected chi connectivity index (χ4v) is 3.16. The van der Waals surface area contributed by atoms with E-state index in [4.69, 9.17) is 5.73 Å². The van der Waals surface area contributed by atoms with Gasteiger partial charge in [0.25, 0.3) is 0 Å². The molecule has 2 aliphatic rings. The van der Waals surface area contributed by atoms with E-state index >= 15 is 0 Å². The first-order valence-electron chi connectivity index (χ1n) is 6.34. The summed E-state index contributed by atoms with van der Waals surface area (Å²) in [5.41, 5.74) is 8.36. The lowest BCUT2D eigenvalue weighted by molar-refractivity contribution is -0.117. The molecule has 3 atom stereocenters. The maximum absolute atomic E-state index is 12.2. The number of fused-ring (bicyclic) bond motifs is 1. The molecule has 3 heterocycles. The van der Waals surface area contributed by atoms with Crippen molar-refractivity contribution in [2.45, 2.75) is 18.1 Å². The first-order valence-corrected chi connectivity index (χ1v) is 7.00. The number of nitrogens with two attached hydrogens (primary N) is 1. The molecule has 2 N–H and O–H groups in total. The summed E-state index contributed by atoms with van der Waals surface area (Å²) in [7, 11) is 2.56. The molecule has 6 heteroatoms. The molecule has 100 valence electrons. The molecule has 1 aromatic rings. The average Bonchev–Trinajstić information content (AvgIpc) is 2.94. The number of rotatable bonds is 2.